The number of hydrogen-bond acceptors (Lipinski definition) is 1. The standard InChI is InChI=1S/C6H14BrN/c1-6(2)5-8-4-3-7/h6,8H,3-5H2,1-2H3. The quantitative estimate of drug-likeness (QED) is 0.512. The summed E-state index contributed by atoms with van der Waals surface area (Å²) >= 11 is 3.34. The average molecular weight is 180 g/mol. The molecule has 50 valence electrons. The van der Waals surface area contributed by atoms with Crippen LogP contribution in [0, 0.1) is 5.92 Å². The zero-order valence-electron chi connectivity index (χ0n) is 5.58. The van der Waals surface area contributed by atoms with Crippen molar-refractivity contribution in [2.24, 2.45) is 5.92 Å². The van der Waals surface area contributed by atoms with E-state index in [1.54, 1.807) is 0 Å². The molecule has 0 aliphatic heterocycles. The predicted molar refractivity (Wildman–Crippen MR) is 41.5 cm³/mol. The second kappa shape index (κ2) is 5.57. The first-order valence-electron chi connectivity index (χ1n) is 3.04. The van der Waals surface area contributed by atoms with E-state index in [1.807, 2.05) is 0 Å². The van der Waals surface area contributed by atoms with E-state index in [0.717, 1.165) is 24.3 Å². The molecule has 1 nitrogen and oxygen atoms in total. The first-order valence-corrected chi connectivity index (χ1v) is 4.16. The van der Waals surface area contributed by atoms with Gasteiger partial charge in [-0.3, -0.25) is 0 Å². The average Bonchev–Trinajstić information content (AvgIpc) is 1.66. The van der Waals surface area contributed by atoms with Gasteiger partial charge in [0.2, 0.25) is 0 Å². The van der Waals surface area contributed by atoms with Crippen LogP contribution in [0.3, 0.4) is 0 Å². The Labute approximate surface area is 60.0 Å². The summed E-state index contributed by atoms with van der Waals surface area (Å²) in [5.74, 6) is 0.772. The highest BCUT2D eigenvalue weighted by Gasteiger charge is 1.89. The highest BCUT2D eigenvalue weighted by atomic mass is 79.9. The molecular formula is C6H14BrN. The Morgan fingerprint density at radius 3 is 2.50 bits per heavy atom. The molecule has 1 N–H and O–H groups in total. The Bertz CT molecular complexity index is 45.8. The molecule has 8 heavy (non-hydrogen) atoms. The first-order chi connectivity index (χ1) is 3.77. The molecule has 0 aromatic heterocycles. The van der Waals surface area contributed by atoms with Gasteiger partial charge in [0.15, 0.2) is 0 Å². The van der Waals surface area contributed by atoms with E-state index < -0.39 is 0 Å². The van der Waals surface area contributed by atoms with Gasteiger partial charge in [-0.25, -0.2) is 0 Å². The van der Waals surface area contributed by atoms with Gasteiger partial charge < -0.3 is 5.32 Å². The van der Waals surface area contributed by atoms with Crippen LogP contribution in [0.1, 0.15) is 13.8 Å². The molecule has 0 atom stereocenters. The van der Waals surface area contributed by atoms with E-state index in [0.29, 0.717) is 0 Å². The molecule has 0 fully saturated rings. The molecule has 0 radical (unpaired) electrons. The number of halogens is 1. The van der Waals surface area contributed by atoms with Gasteiger partial charge >= 0.3 is 0 Å². The van der Waals surface area contributed by atoms with E-state index in [1.165, 1.54) is 0 Å². The van der Waals surface area contributed by atoms with Crippen molar-refractivity contribution in [2.75, 3.05) is 18.4 Å². The molecule has 0 saturated carbocycles. The largest absolute Gasteiger partial charge is 0.316 e. The van der Waals surface area contributed by atoms with Crippen molar-refractivity contribution in [3.8, 4) is 0 Å². The molecule has 2 heteroatoms. The topological polar surface area (TPSA) is 12.0 Å². The minimum absolute atomic E-state index is 0.772. The monoisotopic (exact) mass is 179 g/mol. The second-order valence-corrected chi connectivity index (χ2v) is 3.08. The van der Waals surface area contributed by atoms with Crippen molar-refractivity contribution < 1.29 is 0 Å². The third-order valence-corrected chi connectivity index (χ3v) is 1.22. The molecule has 0 unspecified atom stereocenters. The zero-order chi connectivity index (χ0) is 6.41. The van der Waals surface area contributed by atoms with E-state index >= 15 is 0 Å². The fourth-order valence-corrected chi connectivity index (χ4v) is 0.738. The smallest absolute Gasteiger partial charge is 0.0157 e. The van der Waals surface area contributed by atoms with Crippen molar-refractivity contribution in [3.63, 3.8) is 0 Å². The van der Waals surface area contributed by atoms with Crippen LogP contribution in [0.5, 0.6) is 0 Å². The van der Waals surface area contributed by atoms with Crippen LogP contribution >= 0.6 is 15.9 Å². The Morgan fingerprint density at radius 2 is 2.12 bits per heavy atom. The van der Waals surface area contributed by atoms with Gasteiger partial charge in [0.25, 0.3) is 0 Å². The minimum atomic E-state index is 0.772. The van der Waals surface area contributed by atoms with Crippen LogP contribution in [-0.2, 0) is 0 Å². The molecule has 0 aliphatic carbocycles. The Hall–Kier alpha value is 0.440. The molecule has 0 aromatic rings. The number of rotatable bonds is 4. The molecule has 0 aromatic carbocycles. The van der Waals surface area contributed by atoms with Gasteiger partial charge in [-0.05, 0) is 12.5 Å². The third kappa shape index (κ3) is 6.44. The summed E-state index contributed by atoms with van der Waals surface area (Å²) in [4.78, 5) is 0. The third-order valence-electron chi connectivity index (χ3n) is 0.824. The van der Waals surface area contributed by atoms with Gasteiger partial charge in [0.05, 0.1) is 0 Å². The van der Waals surface area contributed by atoms with E-state index in [2.05, 4.69) is 35.1 Å². The van der Waals surface area contributed by atoms with Crippen molar-refractivity contribution in [1.29, 1.82) is 0 Å². The van der Waals surface area contributed by atoms with Crippen LogP contribution in [0.15, 0.2) is 0 Å². The molecule has 0 amide bonds. The normalized spacial score (nSPS) is 10.5. The molecule has 0 rings (SSSR count). The molecular weight excluding hydrogens is 166 g/mol. The van der Waals surface area contributed by atoms with E-state index in [4.69, 9.17) is 0 Å². The molecule has 0 saturated heterocycles. The van der Waals surface area contributed by atoms with Crippen LogP contribution in [-0.4, -0.2) is 18.4 Å². The summed E-state index contributed by atoms with van der Waals surface area (Å²) in [6.45, 7) is 6.63. The number of nitrogens with one attached hydrogen (secondary N) is 1. The Morgan fingerprint density at radius 1 is 1.50 bits per heavy atom. The Balaban J connectivity index is 2.72. The van der Waals surface area contributed by atoms with Gasteiger partial charge in [-0.1, -0.05) is 29.8 Å². The highest BCUT2D eigenvalue weighted by Crippen LogP contribution is 1.86. The van der Waals surface area contributed by atoms with Crippen molar-refractivity contribution in [2.45, 2.75) is 13.8 Å². The van der Waals surface area contributed by atoms with Crippen molar-refractivity contribution >= 4 is 15.9 Å². The molecule has 0 heterocycles. The van der Waals surface area contributed by atoms with E-state index in [9.17, 15) is 0 Å². The fraction of sp³-hybridized carbons (Fsp3) is 1.00. The summed E-state index contributed by atoms with van der Waals surface area (Å²) in [7, 11) is 0. The van der Waals surface area contributed by atoms with Gasteiger partial charge in [-0.15, -0.1) is 0 Å². The maximum absolute atomic E-state index is 3.34. The first kappa shape index (κ1) is 8.44. The van der Waals surface area contributed by atoms with Crippen molar-refractivity contribution in [3.05, 3.63) is 0 Å². The van der Waals surface area contributed by atoms with Crippen LogP contribution in [0.4, 0.5) is 0 Å². The summed E-state index contributed by atoms with van der Waals surface area (Å²) in [5.41, 5.74) is 0. The lowest BCUT2D eigenvalue weighted by Gasteiger charge is -2.03. The van der Waals surface area contributed by atoms with Gasteiger partial charge in [0.1, 0.15) is 0 Å². The zero-order valence-corrected chi connectivity index (χ0v) is 7.16. The summed E-state index contributed by atoms with van der Waals surface area (Å²) in [6.07, 6.45) is 0. The summed E-state index contributed by atoms with van der Waals surface area (Å²) in [6, 6.07) is 0. The SMILES string of the molecule is CC(C)CNCCBr. The van der Waals surface area contributed by atoms with Crippen LogP contribution in [0.2, 0.25) is 0 Å². The van der Waals surface area contributed by atoms with Gasteiger partial charge in [0, 0.05) is 11.9 Å². The molecule has 0 aliphatic rings. The Kier molecular flexibility index (Phi) is 5.88. The molecule has 0 bridgehead atoms. The van der Waals surface area contributed by atoms with Crippen molar-refractivity contribution in [1.82, 2.24) is 5.32 Å². The maximum atomic E-state index is 3.34. The van der Waals surface area contributed by atoms with E-state index in [-0.39, 0.29) is 0 Å². The molecule has 0 spiro atoms. The predicted octanol–water partition coefficient (Wildman–Crippen LogP) is 1.63. The maximum Gasteiger partial charge on any atom is 0.0157 e. The lowest BCUT2D eigenvalue weighted by Crippen LogP contribution is -2.21. The van der Waals surface area contributed by atoms with Crippen LogP contribution in [0.25, 0.3) is 0 Å². The van der Waals surface area contributed by atoms with Gasteiger partial charge in [-0.2, -0.15) is 0 Å². The van der Waals surface area contributed by atoms with Crippen LogP contribution < -0.4 is 5.32 Å². The second-order valence-electron chi connectivity index (χ2n) is 2.29. The summed E-state index contributed by atoms with van der Waals surface area (Å²) in [5, 5.41) is 4.34. The lowest BCUT2D eigenvalue weighted by atomic mass is 10.2. The number of alkyl halides is 1. The summed E-state index contributed by atoms with van der Waals surface area (Å²) < 4.78 is 0. The number of hydrogen-bond donors (Lipinski definition) is 1. The lowest BCUT2D eigenvalue weighted by molar-refractivity contribution is 0.569. The highest BCUT2D eigenvalue weighted by molar-refractivity contribution is 9.09. The minimum Gasteiger partial charge on any atom is -0.316 e. The fourth-order valence-electron chi connectivity index (χ4n) is 0.458.